The lowest BCUT2D eigenvalue weighted by Crippen LogP contribution is -2.39. The van der Waals surface area contributed by atoms with Crippen LogP contribution in [0.4, 0.5) is 27.8 Å². The van der Waals surface area contributed by atoms with Gasteiger partial charge < -0.3 is 15.4 Å². The Labute approximate surface area is 223 Å². The highest BCUT2D eigenvalue weighted by atomic mass is 35.5. The highest BCUT2D eigenvalue weighted by Gasteiger charge is 2.23. The first-order valence-electron chi connectivity index (χ1n) is 11.8. The van der Waals surface area contributed by atoms with E-state index in [0.29, 0.717) is 0 Å². The van der Waals surface area contributed by atoms with Gasteiger partial charge in [-0.3, -0.25) is 9.89 Å². The maximum Gasteiger partial charge on any atom is 0.240 e. The second kappa shape index (κ2) is 11.8. The van der Waals surface area contributed by atoms with Gasteiger partial charge in [0.05, 0.1) is 11.1 Å². The van der Waals surface area contributed by atoms with Crippen molar-refractivity contribution in [3.05, 3.63) is 59.7 Å². The maximum absolute atomic E-state index is 14.6. The Balaban J connectivity index is 0.000000270. The van der Waals surface area contributed by atoms with Gasteiger partial charge in [0, 0.05) is 30.8 Å². The molecule has 14 heteroatoms. The second-order valence-corrected chi connectivity index (χ2v) is 9.25. The van der Waals surface area contributed by atoms with Crippen molar-refractivity contribution in [3.63, 3.8) is 0 Å². The highest BCUT2D eigenvalue weighted by molar-refractivity contribution is 6.30. The number of hydrogen-bond acceptors (Lipinski definition) is 6. The number of ether oxygens (including phenoxy) is 1. The summed E-state index contributed by atoms with van der Waals surface area (Å²) in [7, 11) is 0. The van der Waals surface area contributed by atoms with E-state index in [-0.39, 0.29) is 45.5 Å². The molecule has 1 atom stereocenters. The van der Waals surface area contributed by atoms with Crippen molar-refractivity contribution in [2.75, 3.05) is 18.8 Å². The molecule has 3 N–H and O–H groups in total. The summed E-state index contributed by atoms with van der Waals surface area (Å²) in [5, 5.41) is 6.40. The molecule has 0 radical (unpaired) electrons. The number of aromatic nitrogens is 4. The number of nitrogens with two attached hydrogens (primary N) is 1. The molecular weight excluding hydrogens is 547 g/mol. The molecule has 1 amide bonds. The van der Waals surface area contributed by atoms with E-state index in [4.69, 9.17) is 22.1 Å². The first-order chi connectivity index (χ1) is 18.6. The predicted octanol–water partition coefficient (Wildman–Crippen LogP) is 5.72. The molecule has 39 heavy (non-hydrogen) atoms. The van der Waals surface area contributed by atoms with Crippen LogP contribution in [-0.4, -0.2) is 49.4 Å². The number of amides is 1. The number of alkyl halides is 1. The molecule has 206 valence electrons. The Bertz CT molecular complexity index is 1480. The maximum atomic E-state index is 14.6. The van der Waals surface area contributed by atoms with Gasteiger partial charge in [-0.05, 0) is 38.3 Å². The minimum absolute atomic E-state index is 0.0114. The summed E-state index contributed by atoms with van der Waals surface area (Å²) >= 11 is 5.67. The van der Waals surface area contributed by atoms with Crippen LogP contribution >= 0.6 is 11.6 Å². The molecule has 8 nitrogen and oxygen atoms in total. The average molecular weight is 569 g/mol. The number of carbonyl (C=O) groups excluding carboxylic acids is 1. The number of nitrogens with zero attached hydrogens (tertiary/aromatic N) is 4. The van der Waals surface area contributed by atoms with Gasteiger partial charge in [-0.15, -0.1) is 11.6 Å². The minimum Gasteiger partial charge on any atom is -0.451 e. The first-order valence-corrected chi connectivity index (χ1v) is 12.2. The Morgan fingerprint density at radius 3 is 2.31 bits per heavy atom. The summed E-state index contributed by atoms with van der Waals surface area (Å²) in [6.45, 7) is 3.53. The zero-order valence-corrected chi connectivity index (χ0v) is 21.2. The third-order valence-corrected chi connectivity index (χ3v) is 6.08. The average Bonchev–Trinajstić information content (AvgIpc) is 3.36. The fourth-order valence-electron chi connectivity index (χ4n) is 3.96. The zero-order chi connectivity index (χ0) is 28.3. The van der Waals surface area contributed by atoms with Crippen molar-refractivity contribution in [3.8, 4) is 22.8 Å². The monoisotopic (exact) mass is 568 g/mol. The summed E-state index contributed by atoms with van der Waals surface area (Å²) in [5.74, 6) is -9.23. The van der Waals surface area contributed by atoms with E-state index in [1.807, 2.05) is 4.90 Å². The van der Waals surface area contributed by atoms with E-state index in [0.717, 1.165) is 38.1 Å². The quantitative estimate of drug-likeness (QED) is 0.185. The van der Waals surface area contributed by atoms with Crippen LogP contribution in [-0.2, 0) is 4.79 Å². The van der Waals surface area contributed by atoms with Gasteiger partial charge >= 0.3 is 0 Å². The molecule has 4 aromatic rings. The summed E-state index contributed by atoms with van der Waals surface area (Å²) < 4.78 is 73.4. The van der Waals surface area contributed by atoms with Crippen LogP contribution in [0.2, 0.25) is 0 Å². The lowest BCUT2D eigenvalue weighted by molar-refractivity contribution is -0.131. The van der Waals surface area contributed by atoms with Crippen LogP contribution in [0, 0.1) is 29.1 Å². The third-order valence-electron chi connectivity index (χ3n) is 5.89. The molecular formula is C25H22ClF5N6O2. The number of rotatable bonds is 4. The van der Waals surface area contributed by atoms with E-state index in [1.165, 1.54) is 18.8 Å². The molecule has 2 aromatic heterocycles. The Morgan fingerprint density at radius 2 is 1.69 bits per heavy atom. The number of nitrogens with one attached hydrogen (secondary N) is 1. The number of nitrogen functional groups attached to an aromatic ring is 1. The molecule has 5 rings (SSSR count). The topological polar surface area (TPSA) is 110 Å². The standard InChI is InChI=1S/C17H8F5N5O.C8H14ClNO/c18-8-3-6(28-15-12(21)9(19)4-10(20)13(15)22)1-2-7(8)14-11-16(23)24-5-25-17(11)27-26-14;1-7(9)8(11)10-5-3-2-4-6-10/h1-5H,(H3,23,24,25,26,27);7H,2-6H2,1H3. The second-order valence-electron chi connectivity index (χ2n) is 8.60. The van der Waals surface area contributed by atoms with Crippen molar-refractivity contribution < 1.29 is 31.5 Å². The van der Waals surface area contributed by atoms with Gasteiger partial charge in [-0.2, -0.15) is 13.9 Å². The molecule has 1 saturated heterocycles. The molecule has 0 aliphatic carbocycles. The van der Waals surface area contributed by atoms with Crippen molar-refractivity contribution in [1.82, 2.24) is 25.1 Å². The van der Waals surface area contributed by atoms with Crippen LogP contribution in [0.5, 0.6) is 11.5 Å². The van der Waals surface area contributed by atoms with Crippen LogP contribution < -0.4 is 10.5 Å². The van der Waals surface area contributed by atoms with E-state index in [2.05, 4.69) is 20.2 Å². The zero-order valence-electron chi connectivity index (χ0n) is 20.5. The van der Waals surface area contributed by atoms with Gasteiger partial charge in [-0.1, -0.05) is 0 Å². The summed E-state index contributed by atoms with van der Waals surface area (Å²) in [6.07, 6.45) is 4.71. The van der Waals surface area contributed by atoms with E-state index >= 15 is 0 Å². The number of halogens is 6. The fourth-order valence-corrected chi connectivity index (χ4v) is 4.10. The molecule has 2 aromatic carbocycles. The number of piperidine rings is 1. The highest BCUT2D eigenvalue weighted by Crippen LogP contribution is 2.35. The molecule has 0 saturated carbocycles. The van der Waals surface area contributed by atoms with Gasteiger partial charge in [0.1, 0.15) is 29.1 Å². The number of hydrogen-bond donors (Lipinski definition) is 2. The van der Waals surface area contributed by atoms with Gasteiger partial charge in [0.25, 0.3) is 0 Å². The largest absolute Gasteiger partial charge is 0.451 e. The number of anilines is 1. The van der Waals surface area contributed by atoms with E-state index in [1.54, 1.807) is 6.92 Å². The van der Waals surface area contributed by atoms with E-state index < -0.39 is 40.6 Å². The van der Waals surface area contributed by atoms with Gasteiger partial charge in [0.2, 0.25) is 23.3 Å². The number of aromatic amines is 1. The van der Waals surface area contributed by atoms with Crippen molar-refractivity contribution in [2.45, 2.75) is 31.6 Å². The Kier molecular flexibility index (Phi) is 8.48. The first kappa shape index (κ1) is 28.0. The smallest absolute Gasteiger partial charge is 0.240 e. The van der Waals surface area contributed by atoms with Gasteiger partial charge in [-0.25, -0.2) is 23.1 Å². The predicted molar refractivity (Wildman–Crippen MR) is 134 cm³/mol. The minimum atomic E-state index is -1.74. The molecule has 0 bridgehead atoms. The number of carbonyl (C=O) groups is 1. The number of likely N-dealkylation sites (tertiary alicyclic amines) is 1. The number of fused-ring (bicyclic) bond motifs is 1. The molecule has 1 aliphatic heterocycles. The van der Waals surface area contributed by atoms with Crippen LogP contribution in [0.15, 0.2) is 30.6 Å². The van der Waals surface area contributed by atoms with Crippen LogP contribution in [0.25, 0.3) is 22.3 Å². The summed E-state index contributed by atoms with van der Waals surface area (Å²) in [4.78, 5) is 20.9. The van der Waals surface area contributed by atoms with Crippen molar-refractivity contribution in [2.24, 2.45) is 0 Å². The molecule has 1 aliphatic rings. The molecule has 0 spiro atoms. The Hall–Kier alpha value is -4.00. The van der Waals surface area contributed by atoms with E-state index in [9.17, 15) is 26.7 Å². The molecule has 3 heterocycles. The van der Waals surface area contributed by atoms with Crippen molar-refractivity contribution >= 4 is 34.4 Å². The number of benzene rings is 2. The fraction of sp³-hybridized carbons (Fsp3) is 0.280. The molecule has 1 unspecified atom stereocenters. The van der Waals surface area contributed by atoms with Gasteiger partial charge in [0.15, 0.2) is 17.3 Å². The van der Waals surface area contributed by atoms with Crippen LogP contribution in [0.1, 0.15) is 26.2 Å². The lowest BCUT2D eigenvalue weighted by Gasteiger charge is -2.27. The normalized spacial score (nSPS) is 14.1. The Morgan fingerprint density at radius 1 is 1.03 bits per heavy atom. The van der Waals surface area contributed by atoms with Crippen molar-refractivity contribution in [1.29, 1.82) is 0 Å². The summed E-state index contributed by atoms with van der Waals surface area (Å²) in [5.41, 5.74) is 6.14. The molecule has 1 fully saturated rings. The lowest BCUT2D eigenvalue weighted by atomic mass is 10.1. The number of H-pyrrole nitrogens is 1. The van der Waals surface area contributed by atoms with Crippen LogP contribution in [0.3, 0.4) is 0 Å². The SMILES string of the molecule is CC(Cl)C(=O)N1CCCCC1.Nc1ncnc2n[nH]c(-c3ccc(Oc4c(F)c(F)cc(F)c4F)cc3F)c12. The third kappa shape index (κ3) is 6.03. The summed E-state index contributed by atoms with van der Waals surface area (Å²) in [6, 6.07) is 3.17.